The first-order valence-electron chi connectivity index (χ1n) is 6.96. The van der Waals surface area contributed by atoms with Crippen LogP contribution in [0.2, 0.25) is 10.0 Å². The molecule has 5 nitrogen and oxygen atoms in total. The van der Waals surface area contributed by atoms with Gasteiger partial charge in [0.1, 0.15) is 17.3 Å². The number of nitrogens with one attached hydrogen (secondary N) is 1. The predicted molar refractivity (Wildman–Crippen MR) is 88.1 cm³/mol. The van der Waals surface area contributed by atoms with Gasteiger partial charge in [0.05, 0.1) is 11.1 Å². The van der Waals surface area contributed by atoms with Crippen molar-refractivity contribution in [1.82, 2.24) is 5.32 Å². The molecule has 1 aromatic heterocycles. The first-order chi connectivity index (χ1) is 10.9. The fourth-order valence-corrected chi connectivity index (χ4v) is 2.55. The monoisotopic (exact) mass is 357 g/mol. The molecule has 0 saturated heterocycles. The average molecular weight is 358 g/mol. The van der Waals surface area contributed by atoms with Gasteiger partial charge in [0.15, 0.2) is 6.61 Å². The summed E-state index contributed by atoms with van der Waals surface area (Å²) in [4.78, 5) is 11.8. The number of aliphatic hydroxyl groups excluding tert-OH is 1. The van der Waals surface area contributed by atoms with E-state index >= 15 is 0 Å². The summed E-state index contributed by atoms with van der Waals surface area (Å²) in [6.07, 6.45) is -0.837. The second-order valence-electron chi connectivity index (χ2n) is 5.05. The van der Waals surface area contributed by atoms with Crippen molar-refractivity contribution in [2.45, 2.75) is 20.0 Å². The molecule has 7 heteroatoms. The van der Waals surface area contributed by atoms with Gasteiger partial charge in [-0.05, 0) is 38.1 Å². The summed E-state index contributed by atoms with van der Waals surface area (Å²) in [5, 5.41) is 13.5. The molecule has 2 N–H and O–H groups in total. The van der Waals surface area contributed by atoms with Crippen molar-refractivity contribution in [2.75, 3.05) is 13.2 Å². The van der Waals surface area contributed by atoms with E-state index in [9.17, 15) is 9.90 Å². The number of carbonyl (C=O) groups is 1. The van der Waals surface area contributed by atoms with Crippen LogP contribution in [0.5, 0.6) is 5.75 Å². The largest absolute Gasteiger partial charge is 0.482 e. The molecule has 0 aliphatic heterocycles. The van der Waals surface area contributed by atoms with Crippen molar-refractivity contribution >= 4 is 29.1 Å². The molecule has 1 atom stereocenters. The van der Waals surface area contributed by atoms with Gasteiger partial charge in [-0.3, -0.25) is 4.79 Å². The molecular formula is C16H17Cl2NO4. The lowest BCUT2D eigenvalue weighted by Gasteiger charge is -2.12. The number of furan rings is 1. The minimum Gasteiger partial charge on any atom is -0.482 e. The Labute approximate surface area is 144 Å². The first-order valence-corrected chi connectivity index (χ1v) is 7.72. The van der Waals surface area contributed by atoms with E-state index in [1.54, 1.807) is 32.0 Å². The Hall–Kier alpha value is -1.69. The molecule has 0 radical (unpaired) electrons. The molecule has 1 aromatic carbocycles. The van der Waals surface area contributed by atoms with E-state index in [0.29, 0.717) is 32.9 Å². The zero-order chi connectivity index (χ0) is 17.0. The smallest absolute Gasteiger partial charge is 0.258 e. The molecule has 0 spiro atoms. The van der Waals surface area contributed by atoms with Crippen molar-refractivity contribution in [2.24, 2.45) is 0 Å². The number of halogens is 2. The van der Waals surface area contributed by atoms with Gasteiger partial charge in [-0.25, -0.2) is 0 Å². The molecule has 0 bridgehead atoms. The van der Waals surface area contributed by atoms with Crippen LogP contribution in [0.1, 0.15) is 23.2 Å². The third-order valence-corrected chi connectivity index (χ3v) is 3.71. The van der Waals surface area contributed by atoms with Crippen molar-refractivity contribution in [3.63, 3.8) is 0 Å². The lowest BCUT2D eigenvalue weighted by molar-refractivity contribution is -0.123. The average Bonchev–Trinajstić information content (AvgIpc) is 2.82. The molecular weight excluding hydrogens is 341 g/mol. The number of hydrogen-bond donors (Lipinski definition) is 2. The van der Waals surface area contributed by atoms with Crippen LogP contribution in [-0.4, -0.2) is 24.2 Å². The van der Waals surface area contributed by atoms with E-state index in [1.165, 1.54) is 6.07 Å². The van der Waals surface area contributed by atoms with Gasteiger partial charge in [-0.15, -0.1) is 0 Å². The van der Waals surface area contributed by atoms with Gasteiger partial charge in [0, 0.05) is 17.1 Å². The van der Waals surface area contributed by atoms with E-state index in [2.05, 4.69) is 5.32 Å². The second-order valence-corrected chi connectivity index (χ2v) is 5.90. The quantitative estimate of drug-likeness (QED) is 0.830. The molecule has 1 amide bonds. The molecule has 1 unspecified atom stereocenters. The first kappa shape index (κ1) is 17.7. The third-order valence-electron chi connectivity index (χ3n) is 3.18. The maximum atomic E-state index is 11.8. The summed E-state index contributed by atoms with van der Waals surface area (Å²) < 4.78 is 10.7. The zero-order valence-electron chi connectivity index (χ0n) is 12.7. The Morgan fingerprint density at radius 2 is 2.09 bits per heavy atom. The molecule has 0 saturated carbocycles. The van der Waals surface area contributed by atoms with Crippen molar-refractivity contribution < 1.29 is 19.1 Å². The van der Waals surface area contributed by atoms with Crippen LogP contribution in [0.25, 0.3) is 0 Å². The maximum Gasteiger partial charge on any atom is 0.258 e. The number of benzene rings is 1. The lowest BCUT2D eigenvalue weighted by atomic mass is 10.1. The standard InChI is InChI=1S/C16H17Cl2NO4/c1-9-5-12(10(2)23-9)14(20)7-19-16(21)8-22-15-4-3-11(17)6-13(15)18/h3-6,14,20H,7-8H2,1-2H3,(H,19,21). The van der Waals surface area contributed by atoms with E-state index < -0.39 is 6.10 Å². The molecule has 2 rings (SSSR count). The fourth-order valence-electron chi connectivity index (χ4n) is 2.09. The number of aliphatic hydroxyl groups is 1. The SMILES string of the molecule is Cc1cc(C(O)CNC(=O)COc2ccc(Cl)cc2Cl)c(C)o1. The molecule has 0 aliphatic carbocycles. The molecule has 1 heterocycles. The Morgan fingerprint density at radius 3 is 2.70 bits per heavy atom. The Balaban J connectivity index is 1.82. The molecule has 0 fully saturated rings. The second kappa shape index (κ2) is 7.73. The Bertz CT molecular complexity index is 699. The fraction of sp³-hybridized carbons (Fsp3) is 0.312. The van der Waals surface area contributed by atoms with E-state index in [4.69, 9.17) is 32.4 Å². The van der Waals surface area contributed by atoms with E-state index in [1.807, 2.05) is 0 Å². The molecule has 0 aliphatic rings. The molecule has 124 valence electrons. The normalized spacial score (nSPS) is 12.0. The lowest BCUT2D eigenvalue weighted by Crippen LogP contribution is -2.32. The van der Waals surface area contributed by atoms with Gasteiger partial charge in [0.2, 0.25) is 0 Å². The number of amides is 1. The van der Waals surface area contributed by atoms with Gasteiger partial charge in [-0.1, -0.05) is 23.2 Å². The number of aryl methyl sites for hydroxylation is 2. The molecule has 23 heavy (non-hydrogen) atoms. The number of ether oxygens (including phenoxy) is 1. The Morgan fingerprint density at radius 1 is 1.35 bits per heavy atom. The maximum absolute atomic E-state index is 11.8. The van der Waals surface area contributed by atoms with Crippen LogP contribution in [-0.2, 0) is 4.79 Å². The van der Waals surface area contributed by atoms with Crippen LogP contribution in [0, 0.1) is 13.8 Å². The minimum absolute atomic E-state index is 0.0658. The minimum atomic E-state index is -0.837. The topological polar surface area (TPSA) is 71.7 Å². The zero-order valence-corrected chi connectivity index (χ0v) is 14.2. The van der Waals surface area contributed by atoms with E-state index in [-0.39, 0.29) is 19.1 Å². The van der Waals surface area contributed by atoms with Crippen LogP contribution >= 0.6 is 23.2 Å². The van der Waals surface area contributed by atoms with Crippen molar-refractivity contribution in [3.8, 4) is 5.75 Å². The van der Waals surface area contributed by atoms with Crippen LogP contribution in [0.15, 0.2) is 28.7 Å². The third kappa shape index (κ3) is 4.89. The van der Waals surface area contributed by atoms with Gasteiger partial charge < -0.3 is 19.6 Å². The summed E-state index contributed by atoms with van der Waals surface area (Å²) in [7, 11) is 0. The highest BCUT2D eigenvalue weighted by Crippen LogP contribution is 2.27. The van der Waals surface area contributed by atoms with Crippen LogP contribution < -0.4 is 10.1 Å². The van der Waals surface area contributed by atoms with Gasteiger partial charge >= 0.3 is 0 Å². The Kier molecular flexibility index (Phi) is 5.93. The summed E-state index contributed by atoms with van der Waals surface area (Å²) in [6.45, 7) is 3.42. The highest BCUT2D eigenvalue weighted by Gasteiger charge is 2.15. The number of hydrogen-bond acceptors (Lipinski definition) is 4. The predicted octanol–water partition coefficient (Wildman–Crippen LogP) is 3.43. The summed E-state index contributed by atoms with van der Waals surface area (Å²) in [5.74, 6) is 1.35. The highest BCUT2D eigenvalue weighted by molar-refractivity contribution is 6.35. The highest BCUT2D eigenvalue weighted by atomic mass is 35.5. The summed E-state index contributed by atoms with van der Waals surface area (Å²) in [6, 6.07) is 6.49. The van der Waals surface area contributed by atoms with Gasteiger partial charge in [0.25, 0.3) is 5.91 Å². The van der Waals surface area contributed by atoms with Crippen molar-refractivity contribution in [3.05, 3.63) is 51.4 Å². The van der Waals surface area contributed by atoms with Crippen molar-refractivity contribution in [1.29, 1.82) is 0 Å². The van der Waals surface area contributed by atoms with E-state index in [0.717, 1.165) is 0 Å². The molecule has 2 aromatic rings. The van der Waals surface area contributed by atoms with Crippen LogP contribution in [0.3, 0.4) is 0 Å². The summed E-state index contributed by atoms with van der Waals surface area (Å²) >= 11 is 11.7. The number of carbonyl (C=O) groups excluding carboxylic acids is 1. The summed E-state index contributed by atoms with van der Waals surface area (Å²) in [5.41, 5.74) is 0.657. The van der Waals surface area contributed by atoms with Crippen LogP contribution in [0.4, 0.5) is 0 Å². The number of rotatable bonds is 6. The van der Waals surface area contributed by atoms with Gasteiger partial charge in [-0.2, -0.15) is 0 Å².